The van der Waals surface area contributed by atoms with E-state index in [-0.39, 0.29) is 0 Å². The summed E-state index contributed by atoms with van der Waals surface area (Å²) in [6.45, 7) is 1.66. The Kier molecular flexibility index (Phi) is 3.16. The SMILES string of the molecule is Clc1ccc(CSC2CNOC2)o1. The van der Waals surface area contributed by atoms with Crippen LogP contribution in [0.2, 0.25) is 5.22 Å². The lowest BCUT2D eigenvalue weighted by Crippen LogP contribution is -2.10. The second-order valence-corrected chi connectivity index (χ2v) is 4.46. The molecule has 1 atom stereocenters. The van der Waals surface area contributed by atoms with Gasteiger partial charge in [-0.2, -0.15) is 0 Å². The van der Waals surface area contributed by atoms with E-state index in [2.05, 4.69) is 5.48 Å². The molecule has 0 aliphatic carbocycles. The van der Waals surface area contributed by atoms with Gasteiger partial charge in [0.1, 0.15) is 5.76 Å². The van der Waals surface area contributed by atoms with Gasteiger partial charge in [0.2, 0.25) is 0 Å². The Labute approximate surface area is 85.7 Å². The van der Waals surface area contributed by atoms with Crippen LogP contribution in [0.25, 0.3) is 0 Å². The van der Waals surface area contributed by atoms with Crippen molar-refractivity contribution in [3.8, 4) is 0 Å². The first-order valence-electron chi connectivity index (χ1n) is 4.05. The first-order valence-corrected chi connectivity index (χ1v) is 5.48. The van der Waals surface area contributed by atoms with Gasteiger partial charge in [0.15, 0.2) is 5.22 Å². The molecule has 5 heteroatoms. The van der Waals surface area contributed by atoms with Crippen LogP contribution >= 0.6 is 23.4 Å². The summed E-state index contributed by atoms with van der Waals surface area (Å²) in [6, 6.07) is 3.67. The fourth-order valence-electron chi connectivity index (χ4n) is 1.10. The van der Waals surface area contributed by atoms with Gasteiger partial charge in [0.25, 0.3) is 0 Å². The van der Waals surface area contributed by atoms with E-state index in [0.717, 1.165) is 24.7 Å². The van der Waals surface area contributed by atoms with Crippen molar-refractivity contribution >= 4 is 23.4 Å². The number of hydrogen-bond donors (Lipinski definition) is 1. The van der Waals surface area contributed by atoms with E-state index in [1.165, 1.54) is 0 Å². The Morgan fingerprint density at radius 1 is 1.62 bits per heavy atom. The van der Waals surface area contributed by atoms with E-state index < -0.39 is 0 Å². The monoisotopic (exact) mass is 219 g/mol. The molecule has 1 unspecified atom stereocenters. The summed E-state index contributed by atoms with van der Waals surface area (Å²) < 4.78 is 5.23. The topological polar surface area (TPSA) is 34.4 Å². The summed E-state index contributed by atoms with van der Waals surface area (Å²) in [5.74, 6) is 1.77. The van der Waals surface area contributed by atoms with Gasteiger partial charge in [-0.15, -0.1) is 11.8 Å². The predicted octanol–water partition coefficient (Wildman–Crippen LogP) is 2.07. The van der Waals surface area contributed by atoms with Crippen molar-refractivity contribution in [3.05, 3.63) is 23.1 Å². The lowest BCUT2D eigenvalue weighted by molar-refractivity contribution is 0.103. The zero-order chi connectivity index (χ0) is 9.10. The molecule has 13 heavy (non-hydrogen) atoms. The third-order valence-electron chi connectivity index (χ3n) is 1.77. The zero-order valence-corrected chi connectivity index (χ0v) is 8.53. The molecule has 1 N–H and O–H groups in total. The van der Waals surface area contributed by atoms with E-state index in [1.54, 1.807) is 6.07 Å². The Morgan fingerprint density at radius 2 is 2.54 bits per heavy atom. The number of thioether (sulfide) groups is 1. The van der Waals surface area contributed by atoms with Gasteiger partial charge in [0, 0.05) is 11.8 Å². The van der Waals surface area contributed by atoms with E-state index >= 15 is 0 Å². The van der Waals surface area contributed by atoms with E-state index in [1.807, 2.05) is 17.8 Å². The number of halogens is 1. The molecule has 0 saturated carbocycles. The molecule has 1 fully saturated rings. The van der Waals surface area contributed by atoms with Crippen LogP contribution in [0.4, 0.5) is 0 Å². The van der Waals surface area contributed by atoms with Crippen molar-refractivity contribution in [2.24, 2.45) is 0 Å². The van der Waals surface area contributed by atoms with Gasteiger partial charge >= 0.3 is 0 Å². The third kappa shape index (κ3) is 2.64. The Morgan fingerprint density at radius 3 is 3.15 bits per heavy atom. The zero-order valence-electron chi connectivity index (χ0n) is 6.96. The van der Waals surface area contributed by atoms with E-state index in [0.29, 0.717) is 10.5 Å². The van der Waals surface area contributed by atoms with Crippen LogP contribution in [0.3, 0.4) is 0 Å². The molecule has 1 saturated heterocycles. The molecule has 1 aliphatic rings. The fourth-order valence-corrected chi connectivity index (χ4v) is 2.17. The summed E-state index contributed by atoms with van der Waals surface area (Å²) >= 11 is 7.45. The van der Waals surface area contributed by atoms with Gasteiger partial charge in [-0.3, -0.25) is 0 Å². The first kappa shape index (κ1) is 9.40. The van der Waals surface area contributed by atoms with Gasteiger partial charge in [-0.1, -0.05) is 0 Å². The highest BCUT2D eigenvalue weighted by molar-refractivity contribution is 7.99. The minimum absolute atomic E-state index is 0.455. The van der Waals surface area contributed by atoms with Crippen LogP contribution < -0.4 is 5.48 Å². The van der Waals surface area contributed by atoms with Gasteiger partial charge < -0.3 is 9.25 Å². The first-order chi connectivity index (χ1) is 6.34. The van der Waals surface area contributed by atoms with E-state index in [9.17, 15) is 0 Å². The van der Waals surface area contributed by atoms with Gasteiger partial charge in [-0.05, 0) is 23.7 Å². The van der Waals surface area contributed by atoms with Gasteiger partial charge in [0.05, 0.1) is 12.4 Å². The highest BCUT2D eigenvalue weighted by Gasteiger charge is 2.16. The molecule has 1 aromatic heterocycles. The van der Waals surface area contributed by atoms with Crippen molar-refractivity contribution in [2.75, 3.05) is 13.2 Å². The molecule has 0 amide bonds. The summed E-state index contributed by atoms with van der Waals surface area (Å²) in [5, 5.41) is 0.972. The maximum Gasteiger partial charge on any atom is 0.193 e. The third-order valence-corrected chi connectivity index (χ3v) is 3.20. The van der Waals surface area contributed by atoms with Crippen molar-refractivity contribution in [2.45, 2.75) is 11.0 Å². The Hall–Kier alpha value is -0.160. The number of hydroxylamine groups is 1. The molecule has 2 rings (SSSR count). The minimum atomic E-state index is 0.455. The number of hydrogen-bond acceptors (Lipinski definition) is 4. The summed E-state index contributed by atoms with van der Waals surface area (Å²) in [5.41, 5.74) is 2.84. The van der Waals surface area contributed by atoms with Crippen LogP contribution in [0, 0.1) is 0 Å². The molecule has 72 valence electrons. The van der Waals surface area contributed by atoms with Crippen LogP contribution in [0.1, 0.15) is 5.76 Å². The molecule has 2 heterocycles. The highest BCUT2D eigenvalue weighted by Crippen LogP contribution is 2.22. The number of rotatable bonds is 3. The summed E-state index contributed by atoms with van der Waals surface area (Å²) in [4.78, 5) is 5.02. The summed E-state index contributed by atoms with van der Waals surface area (Å²) in [6.07, 6.45) is 0. The van der Waals surface area contributed by atoms with Crippen LogP contribution in [0.15, 0.2) is 16.5 Å². The smallest absolute Gasteiger partial charge is 0.193 e. The van der Waals surface area contributed by atoms with Crippen molar-refractivity contribution in [1.29, 1.82) is 0 Å². The molecule has 1 aromatic rings. The number of nitrogens with one attached hydrogen (secondary N) is 1. The highest BCUT2D eigenvalue weighted by atomic mass is 35.5. The van der Waals surface area contributed by atoms with Crippen LogP contribution in [-0.2, 0) is 10.6 Å². The molecule has 0 spiro atoms. The average molecular weight is 220 g/mol. The van der Waals surface area contributed by atoms with E-state index in [4.69, 9.17) is 20.9 Å². The average Bonchev–Trinajstić information content (AvgIpc) is 2.71. The van der Waals surface area contributed by atoms with Crippen LogP contribution in [-0.4, -0.2) is 18.4 Å². The predicted molar refractivity (Wildman–Crippen MR) is 52.8 cm³/mol. The van der Waals surface area contributed by atoms with Crippen LogP contribution in [0.5, 0.6) is 0 Å². The standard InChI is InChI=1S/C8H10ClNO2S/c9-8-2-1-6(12-8)5-13-7-3-10-11-4-7/h1-2,7,10H,3-5H2. The lowest BCUT2D eigenvalue weighted by atomic mass is 10.5. The molecule has 3 nitrogen and oxygen atoms in total. The molecular formula is C8H10ClNO2S. The quantitative estimate of drug-likeness (QED) is 0.844. The maximum atomic E-state index is 5.64. The Bertz CT molecular complexity index is 273. The minimum Gasteiger partial charge on any atom is -0.449 e. The molecular weight excluding hydrogens is 210 g/mol. The van der Waals surface area contributed by atoms with Crippen molar-refractivity contribution in [3.63, 3.8) is 0 Å². The largest absolute Gasteiger partial charge is 0.449 e. The normalized spacial score (nSPS) is 22.4. The summed E-state index contributed by atoms with van der Waals surface area (Å²) in [7, 11) is 0. The molecule has 1 aliphatic heterocycles. The molecule has 0 radical (unpaired) electrons. The second kappa shape index (κ2) is 4.37. The van der Waals surface area contributed by atoms with Crippen molar-refractivity contribution < 1.29 is 9.25 Å². The number of furan rings is 1. The van der Waals surface area contributed by atoms with Gasteiger partial charge in [-0.25, -0.2) is 5.48 Å². The van der Waals surface area contributed by atoms with Crippen molar-refractivity contribution in [1.82, 2.24) is 5.48 Å². The molecule has 0 bridgehead atoms. The fraction of sp³-hybridized carbons (Fsp3) is 0.500. The molecule has 0 aromatic carbocycles. The lowest BCUT2D eigenvalue weighted by Gasteiger charge is -2.03. The second-order valence-electron chi connectivity index (χ2n) is 2.80. The Balaban J connectivity index is 1.78. The maximum absolute atomic E-state index is 5.64.